The van der Waals surface area contributed by atoms with E-state index in [4.69, 9.17) is 21.4 Å². The second kappa shape index (κ2) is 6.36. The summed E-state index contributed by atoms with van der Waals surface area (Å²) in [5.74, 6) is 0.0148. The van der Waals surface area contributed by atoms with Gasteiger partial charge in [-0.1, -0.05) is 37.3 Å². The Hall–Kier alpha value is -1.62. The highest BCUT2D eigenvalue weighted by atomic mass is 35.5. The highest BCUT2D eigenvalue weighted by molar-refractivity contribution is 6.35. The summed E-state index contributed by atoms with van der Waals surface area (Å²) in [7, 11) is 1.36. The maximum absolute atomic E-state index is 11.9. The van der Waals surface area contributed by atoms with Gasteiger partial charge in [0.15, 0.2) is 11.3 Å². The Balaban J connectivity index is 1.88. The lowest BCUT2D eigenvalue weighted by Crippen LogP contribution is -2.16. The van der Waals surface area contributed by atoms with Crippen LogP contribution in [0.25, 0.3) is 11.0 Å². The molecule has 6 heteroatoms. The highest BCUT2D eigenvalue weighted by Crippen LogP contribution is 2.42. The zero-order valence-corrected chi connectivity index (χ0v) is 14.7. The van der Waals surface area contributed by atoms with Crippen molar-refractivity contribution in [3.63, 3.8) is 0 Å². The molecule has 2 fully saturated rings. The summed E-state index contributed by atoms with van der Waals surface area (Å²) in [5.41, 5.74) is 2.07. The lowest BCUT2D eigenvalue weighted by atomic mass is 9.82. The summed E-state index contributed by atoms with van der Waals surface area (Å²) in [6.45, 7) is 0. The first kappa shape index (κ1) is 15.9. The van der Waals surface area contributed by atoms with Gasteiger partial charge in [0.25, 0.3) is 0 Å². The quantitative estimate of drug-likeness (QED) is 0.759. The molecule has 0 saturated heterocycles. The molecule has 0 N–H and O–H groups in total. The molecule has 0 bridgehead atoms. The van der Waals surface area contributed by atoms with Crippen LogP contribution in [-0.4, -0.2) is 27.8 Å². The number of aromatic nitrogens is 3. The number of carbonyl (C=O) groups is 1. The van der Waals surface area contributed by atoms with Crippen molar-refractivity contribution in [2.24, 2.45) is 0 Å². The van der Waals surface area contributed by atoms with Crippen LogP contribution in [0.15, 0.2) is 6.07 Å². The van der Waals surface area contributed by atoms with Gasteiger partial charge in [0.05, 0.1) is 29.3 Å². The van der Waals surface area contributed by atoms with Crippen LogP contribution in [0.2, 0.25) is 5.02 Å². The number of hydrogen-bond acceptors (Lipinski definition) is 4. The van der Waals surface area contributed by atoms with E-state index < -0.39 is 5.97 Å². The standard InChI is InChI=1S/C18H22ClN3O2/c1-24-18(23)14-10-13(19)15-16(11-6-5-7-11)21-22(17(15)20-14)12-8-3-2-4-9-12/h10-12H,2-9H2,1H3. The summed E-state index contributed by atoms with van der Waals surface area (Å²) >= 11 is 6.54. The molecule has 0 amide bonds. The predicted molar refractivity (Wildman–Crippen MR) is 92.6 cm³/mol. The van der Waals surface area contributed by atoms with Crippen molar-refractivity contribution in [2.75, 3.05) is 7.11 Å². The number of halogens is 1. The molecule has 2 saturated carbocycles. The fraction of sp³-hybridized carbons (Fsp3) is 0.611. The first-order valence-electron chi connectivity index (χ1n) is 8.86. The van der Waals surface area contributed by atoms with Gasteiger partial charge < -0.3 is 4.74 Å². The maximum Gasteiger partial charge on any atom is 0.356 e. The van der Waals surface area contributed by atoms with E-state index in [1.165, 1.54) is 32.8 Å². The number of fused-ring (bicyclic) bond motifs is 1. The predicted octanol–water partition coefficient (Wildman–Crippen LogP) is 4.64. The maximum atomic E-state index is 11.9. The normalized spacial score (nSPS) is 19.4. The number of rotatable bonds is 3. The van der Waals surface area contributed by atoms with E-state index in [1.807, 2.05) is 4.68 Å². The van der Waals surface area contributed by atoms with Crippen LogP contribution in [0.5, 0.6) is 0 Å². The molecule has 128 valence electrons. The van der Waals surface area contributed by atoms with E-state index >= 15 is 0 Å². The number of pyridine rings is 1. The van der Waals surface area contributed by atoms with Gasteiger partial charge in [0, 0.05) is 5.92 Å². The minimum Gasteiger partial charge on any atom is -0.464 e. The molecule has 0 spiro atoms. The van der Waals surface area contributed by atoms with Gasteiger partial charge in [-0.25, -0.2) is 14.5 Å². The number of methoxy groups -OCH3 is 1. The molecule has 2 aliphatic carbocycles. The number of hydrogen-bond donors (Lipinski definition) is 0. The van der Waals surface area contributed by atoms with Crippen LogP contribution >= 0.6 is 11.6 Å². The number of ether oxygens (including phenoxy) is 1. The van der Waals surface area contributed by atoms with E-state index in [-0.39, 0.29) is 5.69 Å². The van der Waals surface area contributed by atoms with E-state index in [0.29, 0.717) is 17.0 Å². The van der Waals surface area contributed by atoms with Crippen molar-refractivity contribution in [2.45, 2.75) is 63.3 Å². The fourth-order valence-corrected chi connectivity index (χ4v) is 4.16. The molecule has 4 rings (SSSR count). The molecule has 24 heavy (non-hydrogen) atoms. The third-order valence-corrected chi connectivity index (χ3v) is 5.75. The molecular weight excluding hydrogens is 326 g/mol. The van der Waals surface area contributed by atoms with E-state index in [9.17, 15) is 4.79 Å². The molecule has 0 atom stereocenters. The van der Waals surface area contributed by atoms with Gasteiger partial charge in [-0.15, -0.1) is 0 Å². The molecule has 2 aliphatic rings. The van der Waals surface area contributed by atoms with E-state index in [0.717, 1.165) is 42.4 Å². The Kier molecular flexibility index (Phi) is 4.21. The van der Waals surface area contributed by atoms with Crippen LogP contribution < -0.4 is 0 Å². The van der Waals surface area contributed by atoms with Crippen molar-refractivity contribution in [3.05, 3.63) is 22.5 Å². The SMILES string of the molecule is COC(=O)c1cc(Cl)c2c(C3CCC3)nn(C3CCCCC3)c2n1. The van der Waals surface area contributed by atoms with Crippen LogP contribution in [-0.2, 0) is 4.74 Å². The van der Waals surface area contributed by atoms with Crippen molar-refractivity contribution in [1.29, 1.82) is 0 Å². The van der Waals surface area contributed by atoms with E-state index in [1.54, 1.807) is 6.07 Å². The first-order chi connectivity index (χ1) is 11.7. The van der Waals surface area contributed by atoms with Crippen molar-refractivity contribution >= 4 is 28.6 Å². The Morgan fingerprint density at radius 1 is 1.21 bits per heavy atom. The van der Waals surface area contributed by atoms with Gasteiger partial charge in [0.2, 0.25) is 0 Å². The molecule has 0 aromatic carbocycles. The topological polar surface area (TPSA) is 57.0 Å². The Labute approximate surface area is 146 Å². The molecular formula is C18H22ClN3O2. The average molecular weight is 348 g/mol. The van der Waals surface area contributed by atoms with Crippen molar-refractivity contribution in [1.82, 2.24) is 14.8 Å². The molecule has 2 aromatic rings. The van der Waals surface area contributed by atoms with Crippen molar-refractivity contribution in [3.8, 4) is 0 Å². The largest absolute Gasteiger partial charge is 0.464 e. The minimum atomic E-state index is -0.458. The van der Waals surface area contributed by atoms with Gasteiger partial charge in [0.1, 0.15) is 0 Å². The number of esters is 1. The van der Waals surface area contributed by atoms with Crippen molar-refractivity contribution < 1.29 is 9.53 Å². The third-order valence-electron chi connectivity index (χ3n) is 5.45. The highest BCUT2D eigenvalue weighted by Gasteiger charge is 2.30. The van der Waals surface area contributed by atoms with Crippen LogP contribution in [0.4, 0.5) is 0 Å². The van der Waals surface area contributed by atoms with E-state index in [2.05, 4.69) is 4.98 Å². The summed E-state index contributed by atoms with van der Waals surface area (Å²) in [6.07, 6.45) is 9.51. The summed E-state index contributed by atoms with van der Waals surface area (Å²) in [4.78, 5) is 16.5. The average Bonchev–Trinajstić information content (AvgIpc) is 2.93. The molecule has 0 unspecified atom stereocenters. The van der Waals surface area contributed by atoms with Crippen LogP contribution in [0.3, 0.4) is 0 Å². The second-order valence-corrected chi connectivity index (χ2v) is 7.34. The summed E-state index contributed by atoms with van der Waals surface area (Å²) < 4.78 is 6.86. The van der Waals surface area contributed by atoms with Gasteiger partial charge in [-0.3, -0.25) is 0 Å². The third kappa shape index (κ3) is 2.59. The molecule has 0 radical (unpaired) electrons. The Morgan fingerprint density at radius 2 is 1.96 bits per heavy atom. The number of carbonyl (C=O) groups excluding carboxylic acids is 1. The summed E-state index contributed by atoms with van der Waals surface area (Å²) in [6, 6.07) is 1.97. The van der Waals surface area contributed by atoms with Crippen LogP contribution in [0.1, 0.15) is 79.5 Å². The minimum absolute atomic E-state index is 0.257. The lowest BCUT2D eigenvalue weighted by molar-refractivity contribution is 0.0594. The zero-order valence-electron chi connectivity index (χ0n) is 13.9. The monoisotopic (exact) mass is 347 g/mol. The molecule has 5 nitrogen and oxygen atoms in total. The van der Waals surface area contributed by atoms with Gasteiger partial charge >= 0.3 is 5.97 Å². The summed E-state index contributed by atoms with van der Waals surface area (Å²) in [5, 5.41) is 6.43. The lowest BCUT2D eigenvalue weighted by Gasteiger charge is -2.24. The molecule has 2 aromatic heterocycles. The van der Waals surface area contributed by atoms with Crippen LogP contribution in [0, 0.1) is 0 Å². The molecule has 2 heterocycles. The smallest absolute Gasteiger partial charge is 0.356 e. The van der Waals surface area contributed by atoms with Gasteiger partial charge in [-0.05, 0) is 31.7 Å². The number of nitrogens with zero attached hydrogens (tertiary/aromatic N) is 3. The Bertz CT molecular complexity index is 776. The zero-order chi connectivity index (χ0) is 16.7. The first-order valence-corrected chi connectivity index (χ1v) is 9.24. The molecule has 0 aliphatic heterocycles. The fourth-order valence-electron chi connectivity index (χ4n) is 3.87. The second-order valence-electron chi connectivity index (χ2n) is 6.93. The van der Waals surface area contributed by atoms with Gasteiger partial charge in [-0.2, -0.15) is 5.10 Å². The Morgan fingerprint density at radius 3 is 2.58 bits per heavy atom.